The average Bonchev–Trinajstić information content (AvgIpc) is 2.90. The van der Waals surface area contributed by atoms with Crippen molar-refractivity contribution in [1.29, 1.82) is 0 Å². The summed E-state index contributed by atoms with van der Waals surface area (Å²) in [6.07, 6.45) is -2.36. The van der Waals surface area contributed by atoms with E-state index in [1.165, 1.54) is 17.0 Å². The first-order chi connectivity index (χ1) is 10.8. The lowest BCUT2D eigenvalue weighted by Gasteiger charge is -2.08. The van der Waals surface area contributed by atoms with Crippen LogP contribution in [0.1, 0.15) is 28.8 Å². The van der Waals surface area contributed by atoms with E-state index in [2.05, 4.69) is 21.2 Å². The molecular formula is C16H15BrF3NOS. The van der Waals surface area contributed by atoms with Gasteiger partial charge in [0.05, 0.1) is 9.35 Å². The van der Waals surface area contributed by atoms with Crippen LogP contribution in [-0.4, -0.2) is 5.91 Å². The van der Waals surface area contributed by atoms with Crippen molar-refractivity contribution in [2.45, 2.75) is 32.0 Å². The van der Waals surface area contributed by atoms with Crippen molar-refractivity contribution in [3.05, 3.63) is 56.2 Å². The van der Waals surface area contributed by atoms with Crippen LogP contribution in [0.25, 0.3) is 0 Å². The molecule has 0 atom stereocenters. The number of rotatable bonds is 6. The van der Waals surface area contributed by atoms with Gasteiger partial charge in [0.2, 0.25) is 5.91 Å². The first kappa shape index (κ1) is 18.0. The minimum absolute atomic E-state index is 0.0967. The van der Waals surface area contributed by atoms with Gasteiger partial charge in [-0.05, 0) is 58.6 Å². The molecule has 2 nitrogen and oxygen atoms in total. The van der Waals surface area contributed by atoms with E-state index < -0.39 is 11.7 Å². The van der Waals surface area contributed by atoms with Gasteiger partial charge in [-0.3, -0.25) is 4.79 Å². The van der Waals surface area contributed by atoms with Crippen LogP contribution >= 0.6 is 27.3 Å². The number of alkyl halides is 3. The molecule has 0 aliphatic carbocycles. The molecule has 1 aromatic heterocycles. The predicted molar refractivity (Wildman–Crippen MR) is 88.2 cm³/mol. The summed E-state index contributed by atoms with van der Waals surface area (Å²) in [6, 6.07) is 8.81. The first-order valence-corrected chi connectivity index (χ1v) is 8.62. The summed E-state index contributed by atoms with van der Waals surface area (Å²) in [4.78, 5) is 13.0. The minimum Gasteiger partial charge on any atom is -0.352 e. The number of hydrogen-bond donors (Lipinski definition) is 1. The first-order valence-electron chi connectivity index (χ1n) is 7.01. The summed E-state index contributed by atoms with van der Waals surface area (Å²) in [5, 5.41) is 2.72. The van der Waals surface area contributed by atoms with Crippen molar-refractivity contribution >= 4 is 33.2 Å². The molecule has 7 heteroatoms. The van der Waals surface area contributed by atoms with Gasteiger partial charge in [0.25, 0.3) is 0 Å². The number of nitrogens with one attached hydrogen (secondary N) is 1. The van der Waals surface area contributed by atoms with Crippen LogP contribution in [-0.2, 0) is 23.9 Å². The van der Waals surface area contributed by atoms with E-state index in [1.54, 1.807) is 11.3 Å². The fourth-order valence-corrected chi connectivity index (χ4v) is 3.53. The van der Waals surface area contributed by atoms with Gasteiger partial charge in [0.1, 0.15) is 0 Å². The Kier molecular flexibility index (Phi) is 6.24. The molecule has 0 bridgehead atoms. The van der Waals surface area contributed by atoms with E-state index in [0.29, 0.717) is 12.0 Å². The molecule has 124 valence electrons. The molecule has 1 N–H and O–H groups in total. The third kappa shape index (κ3) is 5.99. The Morgan fingerprint density at radius 1 is 1.13 bits per heavy atom. The molecule has 0 radical (unpaired) electrons. The zero-order valence-corrected chi connectivity index (χ0v) is 14.5. The van der Waals surface area contributed by atoms with Crippen LogP contribution in [0.4, 0.5) is 13.2 Å². The molecular weight excluding hydrogens is 391 g/mol. The number of aryl methyl sites for hydroxylation is 1. The number of hydrogen-bond acceptors (Lipinski definition) is 2. The maximum Gasteiger partial charge on any atom is 0.416 e. The normalized spacial score (nSPS) is 11.5. The average molecular weight is 406 g/mol. The highest BCUT2D eigenvalue weighted by atomic mass is 79.9. The maximum absolute atomic E-state index is 12.4. The SMILES string of the molecule is O=C(CCCc1ccc(Br)s1)NCc1ccc(C(F)(F)F)cc1. The standard InChI is InChI=1S/C16H15BrF3NOS/c17-14-9-8-13(23-14)2-1-3-15(22)21-10-11-4-6-12(7-5-11)16(18,19)20/h4-9H,1-3,10H2,(H,21,22). The highest BCUT2D eigenvalue weighted by Gasteiger charge is 2.29. The third-order valence-electron chi connectivity index (χ3n) is 3.23. The lowest BCUT2D eigenvalue weighted by molar-refractivity contribution is -0.137. The Labute approximate surface area is 144 Å². The van der Waals surface area contributed by atoms with Gasteiger partial charge >= 0.3 is 6.18 Å². The second kappa shape index (κ2) is 7.97. The van der Waals surface area contributed by atoms with E-state index in [4.69, 9.17) is 0 Å². The van der Waals surface area contributed by atoms with Crippen molar-refractivity contribution in [2.24, 2.45) is 0 Å². The summed E-state index contributed by atoms with van der Waals surface area (Å²) in [7, 11) is 0. The van der Waals surface area contributed by atoms with E-state index >= 15 is 0 Å². The van der Waals surface area contributed by atoms with E-state index in [0.717, 1.165) is 28.8 Å². The summed E-state index contributed by atoms with van der Waals surface area (Å²) in [6.45, 7) is 0.238. The summed E-state index contributed by atoms with van der Waals surface area (Å²) in [5.74, 6) is -0.0967. The maximum atomic E-state index is 12.4. The van der Waals surface area contributed by atoms with Crippen LogP contribution in [0.3, 0.4) is 0 Å². The van der Waals surface area contributed by atoms with Crippen molar-refractivity contribution < 1.29 is 18.0 Å². The number of carbonyl (C=O) groups is 1. The Hall–Kier alpha value is -1.34. The zero-order valence-electron chi connectivity index (χ0n) is 12.1. The predicted octanol–water partition coefficient (Wildman–Crippen LogP) is 5.17. The zero-order chi connectivity index (χ0) is 16.9. The quantitative estimate of drug-likeness (QED) is 0.705. The Bertz CT molecular complexity index is 652. The number of thiophene rings is 1. The van der Waals surface area contributed by atoms with Crippen molar-refractivity contribution in [3.8, 4) is 0 Å². The molecule has 0 fully saturated rings. The van der Waals surface area contributed by atoms with Crippen molar-refractivity contribution in [2.75, 3.05) is 0 Å². The highest BCUT2D eigenvalue weighted by molar-refractivity contribution is 9.11. The summed E-state index contributed by atoms with van der Waals surface area (Å²) < 4.78 is 38.4. The van der Waals surface area contributed by atoms with Crippen molar-refractivity contribution in [3.63, 3.8) is 0 Å². The molecule has 1 heterocycles. The molecule has 0 aliphatic heterocycles. The molecule has 0 aliphatic rings. The fraction of sp³-hybridized carbons (Fsp3) is 0.312. The number of carbonyl (C=O) groups excluding carboxylic acids is 1. The van der Waals surface area contributed by atoms with Gasteiger partial charge in [-0.1, -0.05) is 12.1 Å². The smallest absolute Gasteiger partial charge is 0.352 e. The van der Waals surface area contributed by atoms with Crippen LogP contribution in [0, 0.1) is 0 Å². The van der Waals surface area contributed by atoms with E-state index in [1.807, 2.05) is 12.1 Å². The number of amides is 1. The van der Waals surface area contributed by atoms with Gasteiger partial charge in [0.15, 0.2) is 0 Å². The van der Waals surface area contributed by atoms with Crippen LogP contribution in [0.2, 0.25) is 0 Å². The Morgan fingerprint density at radius 2 is 1.83 bits per heavy atom. The summed E-state index contributed by atoms with van der Waals surface area (Å²) in [5.41, 5.74) is -0.0387. The van der Waals surface area contributed by atoms with Crippen LogP contribution < -0.4 is 5.32 Å². The Balaban J connectivity index is 1.71. The van der Waals surface area contributed by atoms with Crippen LogP contribution in [0.15, 0.2) is 40.2 Å². The van der Waals surface area contributed by atoms with Gasteiger partial charge in [-0.15, -0.1) is 11.3 Å². The second-order valence-electron chi connectivity index (χ2n) is 5.03. The fourth-order valence-electron chi connectivity index (χ4n) is 2.01. The summed E-state index contributed by atoms with van der Waals surface area (Å²) >= 11 is 5.04. The van der Waals surface area contributed by atoms with Crippen LogP contribution in [0.5, 0.6) is 0 Å². The molecule has 2 aromatic rings. The minimum atomic E-state index is -4.33. The third-order valence-corrected chi connectivity index (χ3v) is 4.91. The molecule has 0 saturated heterocycles. The van der Waals surface area contributed by atoms with Gasteiger partial charge in [0, 0.05) is 17.8 Å². The largest absolute Gasteiger partial charge is 0.416 e. The molecule has 1 amide bonds. The molecule has 0 spiro atoms. The molecule has 0 saturated carbocycles. The monoisotopic (exact) mass is 405 g/mol. The number of halogens is 4. The molecule has 23 heavy (non-hydrogen) atoms. The molecule has 0 unspecified atom stereocenters. The van der Waals surface area contributed by atoms with Gasteiger partial charge in [-0.25, -0.2) is 0 Å². The highest BCUT2D eigenvalue weighted by Crippen LogP contribution is 2.29. The second-order valence-corrected chi connectivity index (χ2v) is 7.58. The lowest BCUT2D eigenvalue weighted by atomic mass is 10.1. The van der Waals surface area contributed by atoms with E-state index in [9.17, 15) is 18.0 Å². The lowest BCUT2D eigenvalue weighted by Crippen LogP contribution is -2.22. The Morgan fingerprint density at radius 3 is 2.39 bits per heavy atom. The molecule has 1 aromatic carbocycles. The van der Waals surface area contributed by atoms with Crippen molar-refractivity contribution in [1.82, 2.24) is 5.32 Å². The van der Waals surface area contributed by atoms with E-state index in [-0.39, 0.29) is 12.5 Å². The van der Waals surface area contributed by atoms with Gasteiger partial charge in [-0.2, -0.15) is 13.2 Å². The number of benzene rings is 1. The molecule has 2 rings (SSSR count). The topological polar surface area (TPSA) is 29.1 Å². The van der Waals surface area contributed by atoms with Gasteiger partial charge < -0.3 is 5.32 Å².